The van der Waals surface area contributed by atoms with Gasteiger partial charge in [-0.05, 0) is 88.0 Å². The van der Waals surface area contributed by atoms with E-state index < -0.39 is 28.5 Å². The molecule has 0 saturated heterocycles. The minimum Gasteiger partial charge on any atom is -0.492 e. The van der Waals surface area contributed by atoms with E-state index in [1.807, 2.05) is 44.4 Å². The average Bonchev–Trinajstić information content (AvgIpc) is 2.95. The van der Waals surface area contributed by atoms with Crippen LogP contribution in [0.5, 0.6) is 5.75 Å². The van der Waals surface area contributed by atoms with E-state index in [9.17, 15) is 18.0 Å². The molecule has 1 atom stereocenters. The molecule has 1 unspecified atom stereocenters. The van der Waals surface area contributed by atoms with E-state index in [4.69, 9.17) is 4.74 Å². The Hall–Kier alpha value is -3.02. The average molecular weight is 663 g/mol. The molecule has 0 aliphatic carbocycles. The summed E-state index contributed by atoms with van der Waals surface area (Å²) in [5.74, 6) is -0.533. The highest BCUT2D eigenvalue weighted by atomic mass is 79.9. The van der Waals surface area contributed by atoms with Crippen LogP contribution in [0.2, 0.25) is 0 Å². The van der Waals surface area contributed by atoms with Gasteiger partial charge in [-0.3, -0.25) is 13.9 Å². The summed E-state index contributed by atoms with van der Waals surface area (Å²) >= 11 is 4.92. The second kappa shape index (κ2) is 14.7. The molecule has 0 spiro atoms. The third kappa shape index (κ3) is 8.50. The van der Waals surface area contributed by atoms with Crippen molar-refractivity contribution in [3.8, 4) is 5.75 Å². The van der Waals surface area contributed by atoms with Crippen LogP contribution in [-0.2, 0) is 26.2 Å². The molecule has 0 heterocycles. The van der Waals surface area contributed by atoms with Gasteiger partial charge in [0.2, 0.25) is 11.8 Å². The summed E-state index contributed by atoms with van der Waals surface area (Å²) in [6.07, 6.45) is 1.91. The Kier molecular flexibility index (Phi) is 11.7. The van der Waals surface area contributed by atoms with Crippen LogP contribution in [0, 0.1) is 0 Å². The molecule has 1 N–H and O–H groups in total. The molecule has 0 bridgehead atoms. The molecule has 3 rings (SSSR count). The van der Waals surface area contributed by atoms with E-state index in [1.165, 1.54) is 28.8 Å². The minimum absolute atomic E-state index is 0.0412. The molecule has 3 aromatic carbocycles. The predicted molar refractivity (Wildman–Crippen MR) is 168 cm³/mol. The fourth-order valence-corrected chi connectivity index (χ4v) is 6.20. The van der Waals surface area contributed by atoms with Gasteiger partial charge in [0.15, 0.2) is 0 Å². The number of nitrogens with zero attached hydrogens (tertiary/aromatic N) is 2. The Morgan fingerprint density at radius 2 is 1.61 bits per heavy atom. The molecule has 0 aromatic heterocycles. The number of carbonyl (C=O) groups is 2. The van der Waals surface area contributed by atoms with Crippen molar-refractivity contribution in [3.05, 3.63) is 82.8 Å². The van der Waals surface area contributed by atoms with Crippen molar-refractivity contribution in [2.45, 2.75) is 56.1 Å². The summed E-state index contributed by atoms with van der Waals surface area (Å²) in [5, 5.41) is 2.86. The Morgan fingerprint density at radius 1 is 0.976 bits per heavy atom. The van der Waals surface area contributed by atoms with Gasteiger partial charge in [-0.2, -0.15) is 0 Å². The Bertz CT molecular complexity index is 1430. The summed E-state index contributed by atoms with van der Waals surface area (Å²) in [5.41, 5.74) is 1.03. The fraction of sp³-hybridized carbons (Fsp3) is 0.333. The molecular formula is C30H36BrN3O5S2. The van der Waals surface area contributed by atoms with Crippen molar-refractivity contribution >= 4 is 55.2 Å². The van der Waals surface area contributed by atoms with E-state index in [0.29, 0.717) is 12.4 Å². The van der Waals surface area contributed by atoms with Crippen LogP contribution in [0.25, 0.3) is 0 Å². The molecule has 0 fully saturated rings. The molecule has 0 aliphatic rings. The van der Waals surface area contributed by atoms with Gasteiger partial charge in [-0.25, -0.2) is 8.42 Å². The number of para-hydroxylation sites is 2. The predicted octanol–water partition coefficient (Wildman–Crippen LogP) is 5.71. The summed E-state index contributed by atoms with van der Waals surface area (Å²) in [4.78, 5) is 29.5. The maximum atomic E-state index is 14.1. The molecule has 8 nitrogen and oxygen atoms in total. The van der Waals surface area contributed by atoms with E-state index in [1.54, 1.807) is 50.2 Å². The number of rotatable bonds is 13. The van der Waals surface area contributed by atoms with Crippen molar-refractivity contribution in [1.82, 2.24) is 10.2 Å². The lowest BCUT2D eigenvalue weighted by Gasteiger charge is -2.32. The number of carbonyl (C=O) groups excluding carboxylic acids is 2. The molecule has 0 radical (unpaired) electrons. The van der Waals surface area contributed by atoms with Gasteiger partial charge < -0.3 is 15.0 Å². The molecular weight excluding hydrogens is 626 g/mol. The largest absolute Gasteiger partial charge is 0.492 e. The lowest BCUT2D eigenvalue weighted by molar-refractivity contribution is -0.139. The SMILES string of the molecule is CCOc1ccccc1N(CC(=O)N(Cc1ccc(Br)cc1)C(C)C(=O)NC(C)C)S(=O)(=O)c1ccc(SC)cc1. The highest BCUT2D eigenvalue weighted by Crippen LogP contribution is 2.33. The molecule has 220 valence electrons. The maximum Gasteiger partial charge on any atom is 0.264 e. The van der Waals surface area contributed by atoms with Gasteiger partial charge in [0, 0.05) is 22.0 Å². The van der Waals surface area contributed by atoms with Gasteiger partial charge in [-0.15, -0.1) is 11.8 Å². The van der Waals surface area contributed by atoms with Gasteiger partial charge >= 0.3 is 0 Å². The van der Waals surface area contributed by atoms with Crippen molar-refractivity contribution in [2.75, 3.05) is 23.7 Å². The van der Waals surface area contributed by atoms with Crippen molar-refractivity contribution in [2.24, 2.45) is 0 Å². The Morgan fingerprint density at radius 3 is 2.20 bits per heavy atom. The van der Waals surface area contributed by atoms with E-state index >= 15 is 0 Å². The Balaban J connectivity index is 2.08. The third-order valence-corrected chi connectivity index (χ3v) is 9.27. The minimum atomic E-state index is -4.20. The topological polar surface area (TPSA) is 96.0 Å². The first-order valence-electron chi connectivity index (χ1n) is 13.2. The van der Waals surface area contributed by atoms with Crippen molar-refractivity contribution in [1.29, 1.82) is 0 Å². The first-order chi connectivity index (χ1) is 19.5. The Labute approximate surface area is 255 Å². The molecule has 11 heteroatoms. The molecule has 2 amide bonds. The third-order valence-electron chi connectivity index (χ3n) is 6.22. The molecule has 0 aliphatic heterocycles. The number of benzene rings is 3. The number of hydrogen-bond donors (Lipinski definition) is 1. The number of halogens is 1. The number of hydrogen-bond acceptors (Lipinski definition) is 6. The second-order valence-corrected chi connectivity index (χ2v) is 13.2. The first kappa shape index (κ1) is 32.5. The summed E-state index contributed by atoms with van der Waals surface area (Å²) < 4.78 is 35.9. The maximum absolute atomic E-state index is 14.1. The van der Waals surface area contributed by atoms with Crippen molar-refractivity contribution < 1.29 is 22.7 Å². The lowest BCUT2D eigenvalue weighted by Crippen LogP contribution is -2.52. The van der Waals surface area contributed by atoms with Crippen LogP contribution >= 0.6 is 27.7 Å². The van der Waals surface area contributed by atoms with E-state index in [-0.39, 0.29) is 29.1 Å². The monoisotopic (exact) mass is 661 g/mol. The zero-order valence-electron chi connectivity index (χ0n) is 23.8. The zero-order valence-corrected chi connectivity index (χ0v) is 27.1. The van der Waals surface area contributed by atoms with Crippen LogP contribution in [0.15, 0.2) is 87.1 Å². The van der Waals surface area contributed by atoms with Gasteiger partial charge in [0.1, 0.15) is 18.3 Å². The van der Waals surface area contributed by atoms with E-state index in [0.717, 1.165) is 19.2 Å². The van der Waals surface area contributed by atoms with Gasteiger partial charge in [0.05, 0.1) is 17.2 Å². The second-order valence-electron chi connectivity index (χ2n) is 9.58. The summed E-state index contributed by atoms with van der Waals surface area (Å²) in [6, 6.07) is 19.6. The van der Waals surface area contributed by atoms with Crippen LogP contribution in [0.1, 0.15) is 33.3 Å². The van der Waals surface area contributed by atoms with Crippen LogP contribution in [0.3, 0.4) is 0 Å². The number of ether oxygens (including phenoxy) is 1. The normalized spacial score (nSPS) is 12.1. The number of thioether (sulfide) groups is 1. The number of sulfonamides is 1. The smallest absolute Gasteiger partial charge is 0.264 e. The number of amides is 2. The lowest BCUT2D eigenvalue weighted by atomic mass is 10.1. The fourth-order valence-electron chi connectivity index (χ4n) is 4.10. The van der Waals surface area contributed by atoms with Gasteiger partial charge in [0.25, 0.3) is 10.0 Å². The van der Waals surface area contributed by atoms with Crippen LogP contribution < -0.4 is 14.4 Å². The number of anilines is 1. The molecule has 0 saturated carbocycles. The first-order valence-corrected chi connectivity index (χ1v) is 16.7. The highest BCUT2D eigenvalue weighted by molar-refractivity contribution is 9.10. The summed E-state index contributed by atoms with van der Waals surface area (Å²) in [6.45, 7) is 7.01. The molecule has 41 heavy (non-hydrogen) atoms. The van der Waals surface area contributed by atoms with E-state index in [2.05, 4.69) is 21.2 Å². The molecule has 3 aromatic rings. The quantitative estimate of drug-likeness (QED) is 0.236. The van der Waals surface area contributed by atoms with Crippen LogP contribution in [0.4, 0.5) is 5.69 Å². The standard InChI is InChI=1S/C30H36BrN3O5S2/c1-6-39-28-10-8-7-9-27(28)34(41(37,38)26-17-15-25(40-5)16-18-26)20-29(35)33(22(4)30(36)32-21(2)3)19-23-11-13-24(31)14-12-23/h7-18,21-22H,6,19-20H2,1-5H3,(H,32,36). The van der Waals surface area contributed by atoms with Gasteiger partial charge in [-0.1, -0.05) is 40.2 Å². The highest BCUT2D eigenvalue weighted by Gasteiger charge is 2.34. The summed E-state index contributed by atoms with van der Waals surface area (Å²) in [7, 11) is -4.20. The zero-order chi connectivity index (χ0) is 30.2. The number of nitrogens with one attached hydrogen (secondary N) is 1. The van der Waals surface area contributed by atoms with Crippen molar-refractivity contribution in [3.63, 3.8) is 0 Å². The van der Waals surface area contributed by atoms with Crippen LogP contribution in [-0.4, -0.2) is 56.6 Å².